The molecule has 0 aliphatic carbocycles. The molecule has 3 heteroatoms. The van der Waals surface area contributed by atoms with Crippen molar-refractivity contribution in [2.75, 3.05) is 14.2 Å². The molecule has 2 rings (SSSR count). The number of rotatable bonds is 4. The molecule has 112 valence electrons. The average Bonchev–Trinajstić information content (AvgIpc) is 2.47. The Kier molecular flexibility index (Phi) is 4.90. The number of hydrogen-bond donors (Lipinski definition) is 0. The molecule has 0 radical (unpaired) electrons. The molecule has 0 aliphatic heterocycles. The van der Waals surface area contributed by atoms with Gasteiger partial charge in [-0.05, 0) is 48.0 Å². The Hall–Kier alpha value is -1.53. The van der Waals surface area contributed by atoms with E-state index in [1.807, 2.05) is 24.3 Å². The molecule has 0 spiro atoms. The molecular weight excluding hydrogens is 279 g/mol. The first-order valence-corrected chi connectivity index (χ1v) is 8.38. The van der Waals surface area contributed by atoms with E-state index in [0.29, 0.717) is 0 Å². The third-order valence-corrected chi connectivity index (χ3v) is 6.30. The summed E-state index contributed by atoms with van der Waals surface area (Å²) in [6.45, 7) is 6.90. The van der Waals surface area contributed by atoms with E-state index in [1.165, 1.54) is 10.6 Å². The molecule has 0 saturated carbocycles. The summed E-state index contributed by atoms with van der Waals surface area (Å²) in [5.41, 5.74) is 0. The van der Waals surface area contributed by atoms with Crippen LogP contribution in [0.15, 0.2) is 48.5 Å². The van der Waals surface area contributed by atoms with Crippen LogP contribution in [0, 0.1) is 0 Å². The molecule has 0 unspecified atom stereocenters. The molecule has 0 bridgehead atoms. The minimum atomic E-state index is -0.438. The predicted molar refractivity (Wildman–Crippen MR) is 91.9 cm³/mol. The maximum absolute atomic E-state index is 5.26. The van der Waals surface area contributed by atoms with Gasteiger partial charge >= 0.3 is 0 Å². The Balaban J connectivity index is 2.41. The fourth-order valence-corrected chi connectivity index (χ4v) is 5.13. The topological polar surface area (TPSA) is 18.5 Å². The summed E-state index contributed by atoms with van der Waals surface area (Å²) < 4.78 is 10.5. The highest BCUT2D eigenvalue weighted by atomic mass is 31.1. The van der Waals surface area contributed by atoms with Crippen LogP contribution >= 0.6 is 7.92 Å². The fraction of sp³-hybridized carbons (Fsp3) is 0.333. The van der Waals surface area contributed by atoms with Crippen molar-refractivity contribution < 1.29 is 9.47 Å². The normalized spacial score (nSPS) is 11.5. The van der Waals surface area contributed by atoms with Crippen molar-refractivity contribution in [1.82, 2.24) is 0 Å². The Labute approximate surface area is 128 Å². The van der Waals surface area contributed by atoms with Crippen LogP contribution in [0.25, 0.3) is 0 Å². The summed E-state index contributed by atoms with van der Waals surface area (Å²) >= 11 is 0. The van der Waals surface area contributed by atoms with Crippen LogP contribution in [0.1, 0.15) is 20.8 Å². The molecule has 2 aromatic rings. The minimum Gasteiger partial charge on any atom is -0.497 e. The molecule has 0 atom stereocenters. The summed E-state index contributed by atoms with van der Waals surface area (Å²) in [7, 11) is 2.96. The fourth-order valence-electron chi connectivity index (χ4n) is 2.39. The summed E-state index contributed by atoms with van der Waals surface area (Å²) in [6, 6.07) is 16.9. The molecule has 0 heterocycles. The average molecular weight is 302 g/mol. The van der Waals surface area contributed by atoms with E-state index < -0.39 is 7.92 Å². The van der Waals surface area contributed by atoms with Crippen LogP contribution in [0.5, 0.6) is 11.5 Å². The molecule has 0 aliphatic rings. The molecule has 0 saturated heterocycles. The summed E-state index contributed by atoms with van der Waals surface area (Å²) in [5.74, 6) is 1.80. The first-order chi connectivity index (χ1) is 9.95. The van der Waals surface area contributed by atoms with Gasteiger partial charge in [-0.3, -0.25) is 0 Å². The van der Waals surface area contributed by atoms with Crippen molar-refractivity contribution in [2.24, 2.45) is 0 Å². The van der Waals surface area contributed by atoms with E-state index in [2.05, 4.69) is 45.0 Å². The molecule has 21 heavy (non-hydrogen) atoms. The molecule has 0 fully saturated rings. The zero-order valence-corrected chi connectivity index (χ0v) is 14.3. The van der Waals surface area contributed by atoms with Crippen molar-refractivity contribution in [2.45, 2.75) is 25.9 Å². The largest absolute Gasteiger partial charge is 0.497 e. The SMILES string of the molecule is COc1ccc(P(c2ccc(OC)cc2)C(C)(C)C)cc1. The Morgan fingerprint density at radius 2 is 1.00 bits per heavy atom. The van der Waals surface area contributed by atoms with Crippen molar-refractivity contribution in [3.8, 4) is 11.5 Å². The second-order valence-electron chi connectivity index (χ2n) is 5.90. The van der Waals surface area contributed by atoms with Crippen molar-refractivity contribution in [3.05, 3.63) is 48.5 Å². The Morgan fingerprint density at radius 1 is 0.667 bits per heavy atom. The van der Waals surface area contributed by atoms with E-state index in [-0.39, 0.29) is 5.16 Å². The van der Waals surface area contributed by atoms with Crippen LogP contribution in [0.4, 0.5) is 0 Å². The molecule has 2 nitrogen and oxygen atoms in total. The van der Waals surface area contributed by atoms with E-state index in [1.54, 1.807) is 14.2 Å². The van der Waals surface area contributed by atoms with Gasteiger partial charge in [0, 0.05) is 0 Å². The van der Waals surface area contributed by atoms with E-state index in [9.17, 15) is 0 Å². The second-order valence-corrected chi connectivity index (χ2v) is 8.95. The second kappa shape index (κ2) is 6.49. The number of hydrogen-bond acceptors (Lipinski definition) is 2. The highest BCUT2D eigenvalue weighted by Gasteiger charge is 2.27. The van der Waals surface area contributed by atoms with Gasteiger partial charge in [0.2, 0.25) is 0 Å². The quantitative estimate of drug-likeness (QED) is 0.797. The monoisotopic (exact) mass is 302 g/mol. The lowest BCUT2D eigenvalue weighted by molar-refractivity contribution is 0.415. The first-order valence-electron chi connectivity index (χ1n) is 7.04. The number of methoxy groups -OCH3 is 2. The first kappa shape index (κ1) is 15.9. The smallest absolute Gasteiger partial charge is 0.118 e. The zero-order valence-electron chi connectivity index (χ0n) is 13.4. The number of ether oxygens (including phenoxy) is 2. The highest BCUT2D eigenvalue weighted by molar-refractivity contribution is 7.74. The van der Waals surface area contributed by atoms with Crippen LogP contribution in [0.3, 0.4) is 0 Å². The zero-order chi connectivity index (χ0) is 15.5. The van der Waals surface area contributed by atoms with Crippen LogP contribution < -0.4 is 20.1 Å². The van der Waals surface area contributed by atoms with Crippen molar-refractivity contribution >= 4 is 18.5 Å². The Morgan fingerprint density at radius 3 is 1.24 bits per heavy atom. The summed E-state index contributed by atoms with van der Waals surface area (Å²) in [5, 5.41) is 2.92. The molecular formula is C18H23O2P. The van der Waals surface area contributed by atoms with Gasteiger partial charge < -0.3 is 9.47 Å². The van der Waals surface area contributed by atoms with E-state index in [0.717, 1.165) is 11.5 Å². The van der Waals surface area contributed by atoms with Gasteiger partial charge in [0.05, 0.1) is 14.2 Å². The Bertz CT molecular complexity index is 520. The van der Waals surface area contributed by atoms with E-state index >= 15 is 0 Å². The van der Waals surface area contributed by atoms with Gasteiger partial charge in [0.25, 0.3) is 0 Å². The van der Waals surface area contributed by atoms with E-state index in [4.69, 9.17) is 9.47 Å². The molecule has 0 N–H and O–H groups in total. The lowest BCUT2D eigenvalue weighted by Crippen LogP contribution is -2.26. The minimum absolute atomic E-state index is 0.193. The maximum Gasteiger partial charge on any atom is 0.118 e. The predicted octanol–water partition coefficient (Wildman–Crippen LogP) is 3.94. The third kappa shape index (κ3) is 3.77. The maximum atomic E-state index is 5.26. The van der Waals surface area contributed by atoms with Gasteiger partial charge in [0.15, 0.2) is 0 Å². The molecule has 2 aromatic carbocycles. The number of benzene rings is 2. The third-order valence-electron chi connectivity index (χ3n) is 3.33. The molecule has 0 aromatic heterocycles. The van der Waals surface area contributed by atoms with Gasteiger partial charge in [0.1, 0.15) is 11.5 Å². The molecule has 0 amide bonds. The van der Waals surface area contributed by atoms with Gasteiger partial charge in [-0.25, -0.2) is 0 Å². The van der Waals surface area contributed by atoms with Gasteiger partial charge in [-0.15, -0.1) is 0 Å². The standard InChI is InChI=1S/C18H23O2P/c1-18(2,3)21(16-10-6-14(19-4)7-11-16)17-12-8-15(20-5)9-13-17/h6-13H,1-5H3. The van der Waals surface area contributed by atoms with Gasteiger partial charge in [-0.2, -0.15) is 0 Å². The van der Waals surface area contributed by atoms with Crippen molar-refractivity contribution in [1.29, 1.82) is 0 Å². The van der Waals surface area contributed by atoms with Crippen molar-refractivity contribution in [3.63, 3.8) is 0 Å². The van der Waals surface area contributed by atoms with Crippen LogP contribution in [-0.2, 0) is 0 Å². The summed E-state index contributed by atoms with van der Waals surface area (Å²) in [4.78, 5) is 0. The van der Waals surface area contributed by atoms with Crippen LogP contribution in [0.2, 0.25) is 0 Å². The summed E-state index contributed by atoms with van der Waals surface area (Å²) in [6.07, 6.45) is 0. The van der Waals surface area contributed by atoms with Crippen LogP contribution in [-0.4, -0.2) is 19.4 Å². The highest BCUT2D eigenvalue weighted by Crippen LogP contribution is 2.47. The lowest BCUT2D eigenvalue weighted by atomic mass is 10.2. The van der Waals surface area contributed by atoms with Gasteiger partial charge in [-0.1, -0.05) is 45.0 Å². The lowest BCUT2D eigenvalue weighted by Gasteiger charge is -2.32.